The second-order valence-electron chi connectivity index (χ2n) is 4.02. The average molecular weight is 214 g/mol. The summed E-state index contributed by atoms with van der Waals surface area (Å²) >= 11 is 0. The molecule has 0 amide bonds. The van der Waals surface area contributed by atoms with Crippen LogP contribution in [0.25, 0.3) is 0 Å². The van der Waals surface area contributed by atoms with E-state index in [1.807, 2.05) is 18.3 Å². The van der Waals surface area contributed by atoms with Crippen molar-refractivity contribution in [3.63, 3.8) is 0 Å². The third kappa shape index (κ3) is 4.27. The highest BCUT2D eigenvalue weighted by molar-refractivity contribution is 5.79. The zero-order chi connectivity index (χ0) is 11.8. The molecule has 0 bridgehead atoms. The summed E-state index contributed by atoms with van der Waals surface area (Å²) in [4.78, 5) is 4.31. The number of aliphatic imine (C=N–C) groups is 1. The van der Waals surface area contributed by atoms with Crippen molar-refractivity contribution in [1.29, 1.82) is 5.26 Å². The van der Waals surface area contributed by atoms with E-state index in [4.69, 9.17) is 5.26 Å². The van der Waals surface area contributed by atoms with Gasteiger partial charge < -0.3 is 0 Å². The van der Waals surface area contributed by atoms with Gasteiger partial charge in [0, 0.05) is 6.21 Å². The molecule has 1 aromatic carbocycles. The quantitative estimate of drug-likeness (QED) is 0.692. The molecule has 84 valence electrons. The maximum absolute atomic E-state index is 8.87. The molecule has 0 spiro atoms. The van der Waals surface area contributed by atoms with E-state index < -0.39 is 0 Å². The monoisotopic (exact) mass is 214 g/mol. The van der Waals surface area contributed by atoms with Crippen LogP contribution in [-0.2, 0) is 0 Å². The van der Waals surface area contributed by atoms with Gasteiger partial charge >= 0.3 is 0 Å². The fourth-order valence-electron chi connectivity index (χ4n) is 1.48. The van der Waals surface area contributed by atoms with E-state index in [-0.39, 0.29) is 5.92 Å². The molecule has 1 aromatic rings. The molecule has 0 aliphatic heterocycles. The Hall–Kier alpha value is -1.62. The third-order valence-electron chi connectivity index (χ3n) is 2.46. The molecule has 16 heavy (non-hydrogen) atoms. The number of nitrogens with zero attached hydrogens (tertiary/aromatic N) is 2. The van der Waals surface area contributed by atoms with E-state index in [1.54, 1.807) is 0 Å². The Morgan fingerprint density at radius 2 is 2.06 bits per heavy atom. The van der Waals surface area contributed by atoms with Crippen molar-refractivity contribution in [3.8, 4) is 6.07 Å². The summed E-state index contributed by atoms with van der Waals surface area (Å²) in [7, 11) is 0. The summed E-state index contributed by atoms with van der Waals surface area (Å²) < 4.78 is 0. The molecular weight excluding hydrogens is 196 g/mol. The Labute approximate surface area is 97.6 Å². The van der Waals surface area contributed by atoms with Gasteiger partial charge in [-0.1, -0.05) is 43.2 Å². The number of hydrogen-bond acceptors (Lipinski definition) is 2. The van der Waals surface area contributed by atoms with E-state index in [0.717, 1.165) is 18.4 Å². The van der Waals surface area contributed by atoms with Crippen LogP contribution < -0.4 is 0 Å². The Balaban J connectivity index is 2.48. The van der Waals surface area contributed by atoms with Crippen molar-refractivity contribution in [2.45, 2.75) is 26.7 Å². The maximum atomic E-state index is 8.87. The Morgan fingerprint density at radius 3 is 2.62 bits per heavy atom. The molecule has 2 nitrogen and oxygen atoms in total. The summed E-state index contributed by atoms with van der Waals surface area (Å²) in [5, 5.41) is 8.87. The van der Waals surface area contributed by atoms with E-state index in [9.17, 15) is 0 Å². The number of aryl methyl sites for hydroxylation is 1. The van der Waals surface area contributed by atoms with Gasteiger partial charge in [-0.15, -0.1) is 0 Å². The normalized spacial score (nSPS) is 12.6. The Bertz CT molecular complexity index is 371. The molecule has 0 radical (unpaired) electrons. The molecule has 0 fully saturated rings. The second kappa shape index (κ2) is 6.79. The smallest absolute Gasteiger partial charge is 0.0675 e. The van der Waals surface area contributed by atoms with Crippen molar-refractivity contribution >= 4 is 6.21 Å². The lowest BCUT2D eigenvalue weighted by Gasteiger charge is -2.02. The highest BCUT2D eigenvalue weighted by atomic mass is 14.7. The third-order valence-corrected chi connectivity index (χ3v) is 2.46. The maximum Gasteiger partial charge on any atom is 0.0675 e. The highest BCUT2D eigenvalue weighted by Gasteiger charge is 2.03. The molecular formula is C14H18N2. The zero-order valence-corrected chi connectivity index (χ0v) is 9.98. The van der Waals surface area contributed by atoms with Gasteiger partial charge in [-0.05, 0) is 18.9 Å². The predicted octanol–water partition coefficient (Wildman–Crippen LogP) is 3.35. The predicted molar refractivity (Wildman–Crippen MR) is 67.7 cm³/mol. The molecule has 0 aliphatic carbocycles. The summed E-state index contributed by atoms with van der Waals surface area (Å²) in [6.45, 7) is 4.76. The zero-order valence-electron chi connectivity index (χ0n) is 9.98. The summed E-state index contributed by atoms with van der Waals surface area (Å²) in [6.07, 6.45) is 3.82. The summed E-state index contributed by atoms with van der Waals surface area (Å²) in [5.41, 5.74) is 2.34. The van der Waals surface area contributed by atoms with Gasteiger partial charge in [0.05, 0.1) is 18.5 Å². The molecule has 1 atom stereocenters. The van der Waals surface area contributed by atoms with Crippen LogP contribution >= 0.6 is 0 Å². The molecule has 0 heterocycles. The molecule has 0 saturated heterocycles. The number of rotatable bonds is 5. The lowest BCUT2D eigenvalue weighted by Crippen LogP contribution is -2.01. The number of hydrogen-bond donors (Lipinski definition) is 0. The van der Waals surface area contributed by atoms with Gasteiger partial charge in [-0.25, -0.2) is 0 Å². The second-order valence-corrected chi connectivity index (χ2v) is 4.02. The first-order valence-electron chi connectivity index (χ1n) is 5.72. The standard InChI is InChI=1S/C14H18N2/c1-3-4-14(9-15)11-16-10-13-7-5-12(2)6-8-13/h5-8,10,14H,3-4,11H2,1-2H3/b16-10+. The molecule has 0 saturated carbocycles. The van der Waals surface area contributed by atoms with Crippen LogP contribution in [0.3, 0.4) is 0 Å². The van der Waals surface area contributed by atoms with E-state index in [0.29, 0.717) is 6.54 Å². The Kier molecular flexibility index (Phi) is 5.28. The van der Waals surface area contributed by atoms with E-state index in [2.05, 4.69) is 37.0 Å². The fourth-order valence-corrected chi connectivity index (χ4v) is 1.48. The van der Waals surface area contributed by atoms with Crippen LogP contribution in [0.4, 0.5) is 0 Å². The molecule has 1 rings (SSSR count). The fraction of sp³-hybridized carbons (Fsp3) is 0.429. The number of benzene rings is 1. The van der Waals surface area contributed by atoms with Crippen molar-refractivity contribution in [1.82, 2.24) is 0 Å². The first-order valence-corrected chi connectivity index (χ1v) is 5.72. The molecule has 1 unspecified atom stereocenters. The minimum Gasteiger partial charge on any atom is -0.291 e. The first kappa shape index (κ1) is 12.4. The van der Waals surface area contributed by atoms with Crippen LogP contribution in [0.5, 0.6) is 0 Å². The van der Waals surface area contributed by atoms with Crippen molar-refractivity contribution in [2.24, 2.45) is 10.9 Å². The van der Waals surface area contributed by atoms with Gasteiger partial charge in [0.2, 0.25) is 0 Å². The minimum atomic E-state index is 0.0618. The van der Waals surface area contributed by atoms with Crippen LogP contribution in [0.15, 0.2) is 29.3 Å². The first-order chi connectivity index (χ1) is 7.76. The van der Waals surface area contributed by atoms with Crippen LogP contribution in [0, 0.1) is 24.2 Å². The molecule has 0 aliphatic rings. The average Bonchev–Trinajstić information content (AvgIpc) is 2.30. The topological polar surface area (TPSA) is 36.1 Å². The van der Waals surface area contributed by atoms with Gasteiger partial charge in [-0.3, -0.25) is 4.99 Å². The minimum absolute atomic E-state index is 0.0618. The van der Waals surface area contributed by atoms with Crippen molar-refractivity contribution < 1.29 is 0 Å². The molecule has 0 N–H and O–H groups in total. The molecule has 0 aromatic heterocycles. The highest BCUT2D eigenvalue weighted by Crippen LogP contribution is 2.05. The van der Waals surface area contributed by atoms with Gasteiger partial charge in [-0.2, -0.15) is 5.26 Å². The van der Waals surface area contributed by atoms with E-state index in [1.165, 1.54) is 5.56 Å². The van der Waals surface area contributed by atoms with Crippen molar-refractivity contribution in [2.75, 3.05) is 6.54 Å². The van der Waals surface area contributed by atoms with Gasteiger partial charge in [0.25, 0.3) is 0 Å². The van der Waals surface area contributed by atoms with Crippen LogP contribution in [-0.4, -0.2) is 12.8 Å². The van der Waals surface area contributed by atoms with Gasteiger partial charge in [0.1, 0.15) is 0 Å². The SMILES string of the molecule is CCCC(C#N)C/N=C/c1ccc(C)cc1. The largest absolute Gasteiger partial charge is 0.291 e. The summed E-state index contributed by atoms with van der Waals surface area (Å²) in [5.74, 6) is 0.0618. The number of nitriles is 1. The van der Waals surface area contributed by atoms with Gasteiger partial charge in [0.15, 0.2) is 0 Å². The lowest BCUT2D eigenvalue weighted by atomic mass is 10.1. The van der Waals surface area contributed by atoms with Crippen molar-refractivity contribution in [3.05, 3.63) is 35.4 Å². The van der Waals surface area contributed by atoms with Crippen LogP contribution in [0.2, 0.25) is 0 Å². The Morgan fingerprint density at radius 1 is 1.38 bits per heavy atom. The van der Waals surface area contributed by atoms with E-state index >= 15 is 0 Å². The molecule has 2 heteroatoms. The summed E-state index contributed by atoms with van der Waals surface area (Å²) in [6, 6.07) is 10.5. The van der Waals surface area contributed by atoms with Crippen LogP contribution in [0.1, 0.15) is 30.9 Å². The lowest BCUT2D eigenvalue weighted by molar-refractivity contribution is 0.605.